The summed E-state index contributed by atoms with van der Waals surface area (Å²) in [6.07, 6.45) is 0. The second-order valence-electron chi connectivity index (χ2n) is 6.01. The van der Waals surface area contributed by atoms with E-state index in [4.69, 9.17) is 21.8 Å². The van der Waals surface area contributed by atoms with Crippen LogP contribution in [-0.2, 0) is 24.2 Å². The molecular weight excluding hydrogens is 570 g/mol. The van der Waals surface area contributed by atoms with Crippen LogP contribution in [0.5, 0.6) is 0 Å². The molecule has 12 heteroatoms. The van der Waals surface area contributed by atoms with E-state index in [1.165, 1.54) is 16.2 Å². The second-order valence-corrected chi connectivity index (χ2v) is 9.31. The van der Waals surface area contributed by atoms with E-state index < -0.39 is 5.97 Å². The maximum absolute atomic E-state index is 11.5. The van der Waals surface area contributed by atoms with Gasteiger partial charge in [0.1, 0.15) is 11.8 Å². The number of aryl methyl sites for hydroxylation is 2. The number of nitrogens with one attached hydrogen (secondary N) is 2. The smallest absolute Gasteiger partial charge is 0.543 e. The van der Waals surface area contributed by atoms with Crippen molar-refractivity contribution in [3.05, 3.63) is 49.9 Å². The number of aromatic amines is 2. The van der Waals surface area contributed by atoms with E-state index in [-0.39, 0.29) is 36.7 Å². The quantitative estimate of drug-likeness (QED) is 0.208. The van der Waals surface area contributed by atoms with Gasteiger partial charge in [0.2, 0.25) is 0 Å². The third kappa shape index (κ3) is 5.64. The fourth-order valence-corrected chi connectivity index (χ4v) is 5.38. The van der Waals surface area contributed by atoms with Crippen LogP contribution in [0.15, 0.2) is 16.6 Å². The van der Waals surface area contributed by atoms with E-state index in [9.17, 15) is 14.7 Å². The molecule has 0 saturated heterocycles. The minimum absolute atomic E-state index is 0. The fourth-order valence-electron chi connectivity index (χ4n) is 2.78. The average Bonchev–Trinajstić information content (AvgIpc) is 3.44. The molecular formula is C20H15BrN4O4S2Zn. The summed E-state index contributed by atoms with van der Waals surface area (Å²) in [6.45, 7) is 10.9. The SMILES string of the molecule is CCOC(=O)c1[nH]c2cc(C)sc2c1Br.Cc1cc2[nH]c(C(=O)[O-])c(C#N)c2s1.[C-]#N.[Zn+2]. The molecule has 0 amide bonds. The summed E-state index contributed by atoms with van der Waals surface area (Å²) in [5, 5.41) is 25.7. The van der Waals surface area contributed by atoms with Crippen molar-refractivity contribution in [1.82, 2.24) is 9.97 Å². The Morgan fingerprint density at radius 1 is 1.12 bits per heavy atom. The van der Waals surface area contributed by atoms with Gasteiger partial charge < -0.3 is 36.4 Å². The van der Waals surface area contributed by atoms with Gasteiger partial charge in [0, 0.05) is 9.75 Å². The van der Waals surface area contributed by atoms with E-state index in [1.54, 1.807) is 18.3 Å². The van der Waals surface area contributed by atoms with Crippen LogP contribution in [0.3, 0.4) is 0 Å². The average molecular weight is 585 g/mol. The Kier molecular flexibility index (Phi) is 10.3. The number of aromatic nitrogens is 2. The van der Waals surface area contributed by atoms with Crippen LogP contribution < -0.4 is 5.11 Å². The van der Waals surface area contributed by atoms with Crippen LogP contribution in [-0.4, -0.2) is 28.5 Å². The summed E-state index contributed by atoms with van der Waals surface area (Å²) >= 11 is 6.46. The molecule has 0 aliphatic heterocycles. The van der Waals surface area contributed by atoms with Gasteiger partial charge in [-0.1, -0.05) is 0 Å². The topological polar surface area (TPSA) is 146 Å². The largest absolute Gasteiger partial charge is 2.00 e. The molecule has 160 valence electrons. The van der Waals surface area contributed by atoms with E-state index in [0.29, 0.717) is 22.5 Å². The number of nitriles is 1. The molecule has 0 atom stereocenters. The molecule has 0 fully saturated rings. The number of nitrogens with zero attached hydrogens (tertiary/aromatic N) is 2. The molecule has 2 N–H and O–H groups in total. The van der Waals surface area contributed by atoms with Crippen molar-refractivity contribution in [2.75, 3.05) is 6.61 Å². The molecule has 0 aromatic carbocycles. The van der Waals surface area contributed by atoms with E-state index >= 15 is 0 Å². The van der Waals surface area contributed by atoms with Gasteiger partial charge in [-0.25, -0.2) is 4.79 Å². The van der Waals surface area contributed by atoms with Gasteiger partial charge in [-0.05, 0) is 48.8 Å². The monoisotopic (exact) mass is 582 g/mol. The van der Waals surface area contributed by atoms with Gasteiger partial charge in [-0.2, -0.15) is 5.26 Å². The predicted octanol–water partition coefficient (Wildman–Crippen LogP) is 4.34. The number of esters is 1. The van der Waals surface area contributed by atoms with E-state index in [0.717, 1.165) is 19.6 Å². The second kappa shape index (κ2) is 11.9. The van der Waals surface area contributed by atoms with Gasteiger partial charge in [0.15, 0.2) is 0 Å². The Hall–Kier alpha value is -2.50. The molecule has 0 spiro atoms. The van der Waals surface area contributed by atoms with Crippen molar-refractivity contribution >= 4 is 71.0 Å². The molecule has 8 nitrogen and oxygen atoms in total. The molecule has 0 radical (unpaired) electrons. The molecule has 4 aromatic heterocycles. The zero-order valence-corrected chi connectivity index (χ0v) is 23.5. The maximum atomic E-state index is 11.5. The Morgan fingerprint density at radius 2 is 1.62 bits per heavy atom. The summed E-state index contributed by atoms with van der Waals surface area (Å²) < 4.78 is 7.49. The van der Waals surface area contributed by atoms with Crippen LogP contribution in [0.4, 0.5) is 0 Å². The van der Waals surface area contributed by atoms with Gasteiger partial charge in [-0.15, -0.1) is 22.7 Å². The standard InChI is InChI=1S/C10H10BrNO2S.C9H6N2O2S.CN.Zn/c1-3-14-10(13)8-7(11)9-6(12-8)4-5(2)15-9;1-4-2-6-8(14-4)5(3-10)7(11-6)9(12)13;1-2;/h4,12H,3H2,1-2H3;2,11H,1H3,(H,12,13);;/q;;-1;+2/p-1. The van der Waals surface area contributed by atoms with Crippen molar-refractivity contribution in [2.24, 2.45) is 0 Å². The van der Waals surface area contributed by atoms with Crippen LogP contribution in [0.25, 0.3) is 20.4 Å². The Morgan fingerprint density at radius 3 is 2.09 bits per heavy atom. The van der Waals surface area contributed by atoms with Crippen molar-refractivity contribution in [2.45, 2.75) is 20.8 Å². The van der Waals surface area contributed by atoms with E-state index in [1.807, 2.05) is 32.0 Å². The van der Waals surface area contributed by atoms with Crippen molar-refractivity contribution in [3.8, 4) is 6.07 Å². The number of hydrogen-bond acceptors (Lipinski definition) is 8. The molecule has 0 aliphatic rings. The molecule has 0 unspecified atom stereocenters. The number of thiophene rings is 2. The van der Waals surface area contributed by atoms with Gasteiger partial charge in [-0.3, -0.25) is 0 Å². The number of carbonyl (C=O) groups excluding carboxylic acids is 2. The number of hydrogen-bond donors (Lipinski definition) is 2. The van der Waals surface area contributed by atoms with Gasteiger partial charge in [0.25, 0.3) is 0 Å². The van der Waals surface area contributed by atoms with Crippen LogP contribution in [0.2, 0.25) is 0 Å². The zero-order chi connectivity index (χ0) is 23.3. The Balaban J connectivity index is 0.000000289. The minimum atomic E-state index is -1.34. The van der Waals surface area contributed by atoms with Crippen LogP contribution >= 0.6 is 38.6 Å². The number of carbonyl (C=O) groups is 2. The fraction of sp³-hybridized carbons (Fsp3) is 0.200. The number of fused-ring (bicyclic) bond motifs is 2. The maximum Gasteiger partial charge on any atom is 2.00 e. The van der Waals surface area contributed by atoms with Crippen LogP contribution in [0.1, 0.15) is 43.2 Å². The number of aromatic carboxylic acids is 1. The van der Waals surface area contributed by atoms with Gasteiger partial charge in [0.05, 0.1) is 48.7 Å². The number of carboxylic acids is 1. The number of rotatable bonds is 3. The van der Waals surface area contributed by atoms with Gasteiger partial charge >= 0.3 is 25.4 Å². The first-order chi connectivity index (χ1) is 14.8. The summed E-state index contributed by atoms with van der Waals surface area (Å²) in [5.41, 5.74) is 2.20. The first-order valence-electron chi connectivity index (χ1n) is 8.67. The third-order valence-electron chi connectivity index (χ3n) is 3.92. The van der Waals surface area contributed by atoms with E-state index in [2.05, 4.69) is 25.9 Å². The summed E-state index contributed by atoms with van der Waals surface area (Å²) in [6, 6.07) is 5.71. The minimum Gasteiger partial charge on any atom is -0.543 e. The summed E-state index contributed by atoms with van der Waals surface area (Å²) in [7, 11) is 0. The Labute approximate surface area is 212 Å². The normalized spacial score (nSPS) is 9.66. The molecule has 0 saturated carbocycles. The molecule has 4 aromatic rings. The third-order valence-corrected chi connectivity index (χ3v) is 7.11. The Bertz CT molecular complexity index is 1330. The number of carboxylic acid groups (broad SMARTS) is 1. The molecule has 0 bridgehead atoms. The zero-order valence-electron chi connectivity index (χ0n) is 17.3. The number of ether oxygens (including phenoxy) is 1. The van der Waals surface area contributed by atoms with Crippen LogP contribution in [0, 0.1) is 37.0 Å². The van der Waals surface area contributed by atoms with Crippen molar-refractivity contribution < 1.29 is 38.9 Å². The summed E-state index contributed by atoms with van der Waals surface area (Å²) in [4.78, 5) is 30.2. The predicted molar refractivity (Wildman–Crippen MR) is 119 cm³/mol. The van der Waals surface area contributed by atoms with Crippen molar-refractivity contribution in [3.63, 3.8) is 0 Å². The van der Waals surface area contributed by atoms with Crippen molar-refractivity contribution in [1.29, 1.82) is 10.5 Å². The number of halogens is 1. The molecule has 32 heavy (non-hydrogen) atoms. The molecule has 4 heterocycles. The first kappa shape index (κ1) is 27.5. The molecule has 0 aliphatic carbocycles. The summed E-state index contributed by atoms with van der Waals surface area (Å²) in [5.74, 6) is -1.66. The molecule has 4 rings (SSSR count). The number of H-pyrrole nitrogens is 2. The first-order valence-corrected chi connectivity index (χ1v) is 11.1.